The molecule has 2 unspecified atom stereocenters. The van der Waals surface area contributed by atoms with E-state index in [0.29, 0.717) is 13.0 Å². The number of para-hydroxylation sites is 1. The Hall–Kier alpha value is -3.38. The molecule has 5 rings (SSSR count). The van der Waals surface area contributed by atoms with Gasteiger partial charge in [-0.3, -0.25) is 14.9 Å². The molecule has 2 aliphatic heterocycles. The maximum atomic E-state index is 12.7. The molecule has 0 saturated carbocycles. The second kappa shape index (κ2) is 6.90. The lowest BCUT2D eigenvalue weighted by molar-refractivity contribution is -0.132. The second-order valence-corrected chi connectivity index (χ2v) is 7.56. The van der Waals surface area contributed by atoms with Crippen molar-refractivity contribution in [1.29, 1.82) is 0 Å². The van der Waals surface area contributed by atoms with E-state index in [1.54, 1.807) is 0 Å². The van der Waals surface area contributed by atoms with Gasteiger partial charge in [-0.1, -0.05) is 48.5 Å². The third-order valence-electron chi connectivity index (χ3n) is 5.83. The summed E-state index contributed by atoms with van der Waals surface area (Å²) in [7, 11) is 0. The molecule has 0 spiro atoms. The molecule has 29 heavy (non-hydrogen) atoms. The molecule has 1 aromatic heterocycles. The monoisotopic (exact) mass is 387 g/mol. The smallest absolute Gasteiger partial charge is 0.259 e. The summed E-state index contributed by atoms with van der Waals surface area (Å²) in [6, 6.07) is 17.0. The number of carbonyl (C=O) groups is 2. The van der Waals surface area contributed by atoms with Crippen LogP contribution in [0.3, 0.4) is 0 Å². The van der Waals surface area contributed by atoms with Gasteiger partial charge in [0.25, 0.3) is 5.91 Å². The molecule has 0 fully saturated rings. The molecule has 2 aliphatic rings. The number of amides is 2. The average molecular weight is 387 g/mol. The number of imide groups is 1. The number of hydrogen-bond donors (Lipinski definition) is 4. The van der Waals surface area contributed by atoms with E-state index in [9.17, 15) is 14.7 Å². The van der Waals surface area contributed by atoms with Crippen LogP contribution in [0.15, 0.2) is 65.9 Å². The molecule has 0 radical (unpaired) electrons. The number of H-pyrrole nitrogens is 1. The largest absolute Gasteiger partial charge is 0.511 e. The van der Waals surface area contributed by atoms with Gasteiger partial charge in [0.2, 0.25) is 5.91 Å². The molecule has 3 aromatic rings. The minimum absolute atomic E-state index is 0.147. The predicted octanol–water partition coefficient (Wildman–Crippen LogP) is 2.68. The zero-order chi connectivity index (χ0) is 20.0. The van der Waals surface area contributed by atoms with Crippen molar-refractivity contribution in [3.63, 3.8) is 0 Å². The number of aromatic amines is 1. The van der Waals surface area contributed by atoms with Gasteiger partial charge < -0.3 is 15.4 Å². The summed E-state index contributed by atoms with van der Waals surface area (Å²) < 4.78 is 0. The lowest BCUT2D eigenvalue weighted by Gasteiger charge is -2.31. The fraction of sp³-hybridized carbons (Fsp3) is 0.217. The number of fused-ring (bicyclic) bond motifs is 3. The van der Waals surface area contributed by atoms with Crippen LogP contribution in [0.25, 0.3) is 10.9 Å². The predicted molar refractivity (Wildman–Crippen MR) is 109 cm³/mol. The third-order valence-corrected chi connectivity index (χ3v) is 5.83. The van der Waals surface area contributed by atoms with Crippen molar-refractivity contribution in [3.05, 3.63) is 82.8 Å². The van der Waals surface area contributed by atoms with Gasteiger partial charge >= 0.3 is 0 Å². The van der Waals surface area contributed by atoms with E-state index in [-0.39, 0.29) is 11.3 Å². The molecular weight excluding hydrogens is 366 g/mol. The Bertz CT molecular complexity index is 1150. The number of rotatable bonds is 3. The zero-order valence-electron chi connectivity index (χ0n) is 15.7. The highest BCUT2D eigenvalue weighted by molar-refractivity contribution is 6.10. The first-order valence-electron chi connectivity index (χ1n) is 9.78. The molecule has 2 amide bonds. The average Bonchev–Trinajstić information content (AvgIpc) is 3.11. The maximum absolute atomic E-state index is 12.7. The summed E-state index contributed by atoms with van der Waals surface area (Å²) in [4.78, 5) is 28.6. The molecule has 2 atom stereocenters. The number of aliphatic hydroxyl groups is 1. The van der Waals surface area contributed by atoms with Crippen molar-refractivity contribution in [1.82, 2.24) is 15.6 Å². The first kappa shape index (κ1) is 17.7. The van der Waals surface area contributed by atoms with Crippen LogP contribution in [0.2, 0.25) is 0 Å². The molecule has 146 valence electrons. The first-order chi connectivity index (χ1) is 14.1. The molecular formula is C23H21N3O3. The van der Waals surface area contributed by atoms with Gasteiger partial charge in [0.05, 0.1) is 11.6 Å². The fourth-order valence-corrected chi connectivity index (χ4v) is 4.44. The van der Waals surface area contributed by atoms with Gasteiger partial charge in [-0.2, -0.15) is 0 Å². The van der Waals surface area contributed by atoms with Crippen LogP contribution in [0.5, 0.6) is 0 Å². The quantitative estimate of drug-likeness (QED) is 0.520. The van der Waals surface area contributed by atoms with Gasteiger partial charge in [-0.15, -0.1) is 0 Å². The second-order valence-electron chi connectivity index (χ2n) is 7.56. The summed E-state index contributed by atoms with van der Waals surface area (Å²) >= 11 is 0. The fourth-order valence-electron chi connectivity index (χ4n) is 4.44. The van der Waals surface area contributed by atoms with Gasteiger partial charge in [-0.05, 0) is 30.0 Å². The molecule has 0 aliphatic carbocycles. The van der Waals surface area contributed by atoms with Crippen LogP contribution >= 0.6 is 0 Å². The summed E-state index contributed by atoms with van der Waals surface area (Å²) in [6.07, 6.45) is 1.17. The van der Waals surface area contributed by atoms with Crippen LogP contribution in [0.1, 0.15) is 22.9 Å². The van der Waals surface area contributed by atoms with Crippen LogP contribution in [-0.2, 0) is 22.4 Å². The van der Waals surface area contributed by atoms with Crippen LogP contribution in [0, 0.1) is 5.92 Å². The van der Waals surface area contributed by atoms with E-state index < -0.39 is 23.8 Å². The molecule has 2 aromatic carbocycles. The number of carbonyl (C=O) groups excluding carboxylic acids is 2. The van der Waals surface area contributed by atoms with Crippen molar-refractivity contribution in [2.45, 2.75) is 18.9 Å². The Morgan fingerprint density at radius 1 is 1.00 bits per heavy atom. The first-order valence-corrected chi connectivity index (χ1v) is 9.78. The highest BCUT2D eigenvalue weighted by Gasteiger charge is 2.40. The summed E-state index contributed by atoms with van der Waals surface area (Å²) in [6.45, 7) is 0.681. The Kier molecular flexibility index (Phi) is 4.21. The van der Waals surface area contributed by atoms with Crippen LogP contribution < -0.4 is 10.6 Å². The van der Waals surface area contributed by atoms with Gasteiger partial charge in [0.1, 0.15) is 11.7 Å². The highest BCUT2D eigenvalue weighted by Crippen LogP contribution is 2.37. The number of benzene rings is 2. The number of aromatic nitrogens is 1. The van der Waals surface area contributed by atoms with E-state index in [0.717, 1.165) is 34.1 Å². The van der Waals surface area contributed by atoms with E-state index in [2.05, 4.69) is 21.7 Å². The minimum Gasteiger partial charge on any atom is -0.511 e. The topological polar surface area (TPSA) is 94.2 Å². The summed E-state index contributed by atoms with van der Waals surface area (Å²) in [5, 5.41) is 17.9. The summed E-state index contributed by atoms with van der Waals surface area (Å²) in [5.74, 6) is -1.94. The molecule has 4 N–H and O–H groups in total. The Morgan fingerprint density at radius 3 is 2.59 bits per heavy atom. The number of aliphatic hydroxyl groups excluding tert-OH is 1. The van der Waals surface area contributed by atoms with E-state index in [4.69, 9.17) is 0 Å². The SMILES string of the molecule is O=C1NC(=O)C(Cc2ccccc2)C(O)=C1C1NCCc2c1[nH]c1ccccc21. The van der Waals surface area contributed by atoms with Crippen molar-refractivity contribution >= 4 is 22.7 Å². The molecule has 6 heteroatoms. The van der Waals surface area contributed by atoms with Crippen molar-refractivity contribution in [2.75, 3.05) is 6.54 Å². The Balaban J connectivity index is 1.59. The van der Waals surface area contributed by atoms with Crippen molar-refractivity contribution in [2.24, 2.45) is 5.92 Å². The highest BCUT2D eigenvalue weighted by atomic mass is 16.3. The minimum atomic E-state index is -0.790. The Labute approximate surface area is 167 Å². The number of nitrogens with one attached hydrogen (secondary N) is 3. The lowest BCUT2D eigenvalue weighted by atomic mass is 9.85. The molecule has 6 nitrogen and oxygen atoms in total. The number of hydrogen-bond acceptors (Lipinski definition) is 4. The third kappa shape index (κ3) is 2.93. The summed E-state index contributed by atoms with van der Waals surface area (Å²) in [5.41, 5.74) is 4.17. The maximum Gasteiger partial charge on any atom is 0.259 e. The van der Waals surface area contributed by atoms with Gasteiger partial charge in [-0.25, -0.2) is 0 Å². The molecule has 3 heterocycles. The lowest BCUT2D eigenvalue weighted by Crippen LogP contribution is -2.47. The van der Waals surface area contributed by atoms with Crippen LogP contribution in [-0.4, -0.2) is 28.4 Å². The van der Waals surface area contributed by atoms with E-state index in [1.807, 2.05) is 48.5 Å². The normalized spacial score (nSPS) is 21.9. The standard InChI is InChI=1S/C23H21N3O3/c27-21-16(12-13-6-2-1-3-7-13)22(28)26-23(29)18(21)20-19-15(10-11-24-20)14-8-4-5-9-17(14)25-19/h1-9,16,20,24-25,27H,10-12H2,(H,26,28,29). The Morgan fingerprint density at radius 2 is 1.76 bits per heavy atom. The van der Waals surface area contributed by atoms with Crippen molar-refractivity contribution in [3.8, 4) is 0 Å². The van der Waals surface area contributed by atoms with E-state index in [1.165, 1.54) is 0 Å². The van der Waals surface area contributed by atoms with Crippen molar-refractivity contribution < 1.29 is 14.7 Å². The zero-order valence-corrected chi connectivity index (χ0v) is 15.7. The van der Waals surface area contributed by atoms with E-state index >= 15 is 0 Å². The molecule has 0 saturated heterocycles. The molecule has 0 bridgehead atoms. The van der Waals surface area contributed by atoms with Gasteiger partial charge in [0.15, 0.2) is 0 Å². The van der Waals surface area contributed by atoms with Gasteiger partial charge in [0, 0.05) is 23.1 Å². The van der Waals surface area contributed by atoms with Crippen LogP contribution in [0.4, 0.5) is 0 Å².